The number of likely N-dealkylation sites (N-methyl/N-ethyl adjacent to an activating group) is 1. The van der Waals surface area contributed by atoms with Crippen molar-refractivity contribution in [1.82, 2.24) is 5.32 Å². The van der Waals surface area contributed by atoms with Crippen LogP contribution in [-0.4, -0.2) is 26.8 Å². The average Bonchev–Trinajstić information content (AvgIpc) is 2.21. The summed E-state index contributed by atoms with van der Waals surface area (Å²) in [6.07, 6.45) is 11.7. The number of ether oxygens (including phenoxy) is 1. The lowest BCUT2D eigenvalue weighted by atomic mass is 10.3. The lowest BCUT2D eigenvalue weighted by Crippen LogP contribution is -2.03. The van der Waals surface area contributed by atoms with Crippen LogP contribution in [0.4, 0.5) is 0 Å². The molecule has 0 heterocycles. The molecule has 0 aromatic carbocycles. The molecule has 0 bridgehead atoms. The molecule has 1 N–H and O–H groups in total. The second kappa shape index (κ2) is 12.4. The van der Waals surface area contributed by atoms with Crippen molar-refractivity contribution in [2.24, 2.45) is 0 Å². The molecule has 0 aromatic rings. The average molecular weight is 197 g/mol. The largest absolute Gasteiger partial charge is 0.381 e. The molecule has 14 heavy (non-hydrogen) atoms. The third-order valence-electron chi connectivity index (χ3n) is 1.78. The molecule has 0 rings (SSSR count). The van der Waals surface area contributed by atoms with Gasteiger partial charge in [0.1, 0.15) is 0 Å². The Morgan fingerprint density at radius 2 is 1.93 bits per heavy atom. The van der Waals surface area contributed by atoms with Crippen molar-refractivity contribution < 1.29 is 4.74 Å². The van der Waals surface area contributed by atoms with Crippen molar-refractivity contribution in [3.63, 3.8) is 0 Å². The van der Waals surface area contributed by atoms with Gasteiger partial charge in [0.25, 0.3) is 0 Å². The van der Waals surface area contributed by atoms with E-state index in [4.69, 9.17) is 4.74 Å². The maximum Gasteiger partial charge on any atom is 0.0500 e. The highest BCUT2D eigenvalue weighted by atomic mass is 16.5. The summed E-state index contributed by atoms with van der Waals surface area (Å²) in [6.45, 7) is 4.85. The monoisotopic (exact) mass is 197 g/mol. The summed E-state index contributed by atoms with van der Waals surface area (Å²) in [7, 11) is 1.94. The number of allylic oxidation sites excluding steroid dienone is 2. The summed E-state index contributed by atoms with van der Waals surface area (Å²) >= 11 is 0. The molecule has 0 aliphatic heterocycles. The molecule has 2 heteroatoms. The van der Waals surface area contributed by atoms with Crippen molar-refractivity contribution in [3.8, 4) is 0 Å². The van der Waals surface area contributed by atoms with E-state index in [-0.39, 0.29) is 0 Å². The van der Waals surface area contributed by atoms with Crippen LogP contribution in [0.5, 0.6) is 0 Å². The van der Waals surface area contributed by atoms with Crippen LogP contribution in [0.2, 0.25) is 0 Å². The predicted octanol–water partition coefficient (Wildman–Crippen LogP) is 2.53. The maximum atomic E-state index is 5.41. The minimum Gasteiger partial charge on any atom is -0.381 e. The molecule has 0 fully saturated rings. The van der Waals surface area contributed by atoms with Gasteiger partial charge in [0.05, 0.1) is 6.61 Å². The molecule has 0 spiro atoms. The summed E-state index contributed by atoms with van der Waals surface area (Å²) in [5.41, 5.74) is 0. The number of hydrogen-bond acceptors (Lipinski definition) is 2. The van der Waals surface area contributed by atoms with Gasteiger partial charge in [-0.25, -0.2) is 0 Å². The highest BCUT2D eigenvalue weighted by Crippen LogP contribution is 1.91. The van der Waals surface area contributed by atoms with Crippen LogP contribution >= 0.6 is 0 Å². The zero-order chi connectivity index (χ0) is 10.5. The summed E-state index contributed by atoms with van der Waals surface area (Å²) in [4.78, 5) is 0. The molecular formula is C12H23NO. The fourth-order valence-electron chi connectivity index (χ4n) is 0.939. The van der Waals surface area contributed by atoms with E-state index >= 15 is 0 Å². The van der Waals surface area contributed by atoms with Gasteiger partial charge in [0.2, 0.25) is 0 Å². The fraction of sp³-hybridized carbons (Fsp3) is 0.667. The van der Waals surface area contributed by atoms with E-state index in [1.807, 2.05) is 7.05 Å². The SMILES string of the molecule is CCCCOCC/C=C/C=C/CNC. The van der Waals surface area contributed by atoms with Gasteiger partial charge in [0, 0.05) is 13.2 Å². The Hall–Kier alpha value is -0.600. The Morgan fingerprint density at radius 1 is 1.14 bits per heavy atom. The predicted molar refractivity (Wildman–Crippen MR) is 62.6 cm³/mol. The van der Waals surface area contributed by atoms with E-state index in [9.17, 15) is 0 Å². The zero-order valence-electron chi connectivity index (χ0n) is 9.46. The number of nitrogens with one attached hydrogen (secondary N) is 1. The normalized spacial score (nSPS) is 11.9. The number of unbranched alkanes of at least 4 members (excludes halogenated alkanes) is 1. The van der Waals surface area contributed by atoms with Crippen LogP contribution in [0, 0.1) is 0 Å². The third kappa shape index (κ3) is 11.4. The molecule has 0 radical (unpaired) electrons. The quantitative estimate of drug-likeness (QED) is 0.453. The topological polar surface area (TPSA) is 21.3 Å². The first-order chi connectivity index (χ1) is 6.91. The first-order valence-corrected chi connectivity index (χ1v) is 5.45. The van der Waals surface area contributed by atoms with Gasteiger partial charge in [0.15, 0.2) is 0 Å². The van der Waals surface area contributed by atoms with Crippen molar-refractivity contribution in [2.75, 3.05) is 26.8 Å². The van der Waals surface area contributed by atoms with E-state index < -0.39 is 0 Å². The molecule has 2 nitrogen and oxygen atoms in total. The van der Waals surface area contributed by atoms with Crippen molar-refractivity contribution in [2.45, 2.75) is 26.2 Å². The van der Waals surface area contributed by atoms with Gasteiger partial charge in [-0.1, -0.05) is 37.6 Å². The van der Waals surface area contributed by atoms with Gasteiger partial charge in [-0.3, -0.25) is 0 Å². The fourth-order valence-corrected chi connectivity index (χ4v) is 0.939. The lowest BCUT2D eigenvalue weighted by molar-refractivity contribution is 0.136. The van der Waals surface area contributed by atoms with Crippen LogP contribution in [0.1, 0.15) is 26.2 Å². The van der Waals surface area contributed by atoms with Crippen molar-refractivity contribution >= 4 is 0 Å². The van der Waals surface area contributed by atoms with Crippen molar-refractivity contribution in [1.29, 1.82) is 0 Å². The van der Waals surface area contributed by atoms with E-state index in [0.717, 1.165) is 26.2 Å². The van der Waals surface area contributed by atoms with Crippen LogP contribution in [0.3, 0.4) is 0 Å². The molecule has 0 aliphatic rings. The molecule has 0 atom stereocenters. The highest BCUT2D eigenvalue weighted by Gasteiger charge is 1.84. The second-order valence-electron chi connectivity index (χ2n) is 3.17. The highest BCUT2D eigenvalue weighted by molar-refractivity contribution is 5.02. The van der Waals surface area contributed by atoms with Gasteiger partial charge < -0.3 is 10.1 Å². The van der Waals surface area contributed by atoms with Gasteiger partial charge in [-0.05, 0) is 19.9 Å². The summed E-state index contributed by atoms with van der Waals surface area (Å²) in [5.74, 6) is 0. The molecule has 82 valence electrons. The standard InChI is InChI=1S/C12H23NO/c1-3-4-11-14-12-9-7-5-6-8-10-13-2/h5-8,13H,3-4,9-12H2,1-2H3/b7-5+,8-6+. The van der Waals surface area contributed by atoms with Gasteiger partial charge in [-0.2, -0.15) is 0 Å². The van der Waals surface area contributed by atoms with Crippen LogP contribution in [0.25, 0.3) is 0 Å². The Labute approximate surface area is 88.0 Å². The molecule has 0 saturated heterocycles. The number of hydrogen-bond donors (Lipinski definition) is 1. The van der Waals surface area contributed by atoms with E-state index in [1.54, 1.807) is 0 Å². The Morgan fingerprint density at radius 3 is 2.64 bits per heavy atom. The summed E-state index contributed by atoms with van der Waals surface area (Å²) in [6, 6.07) is 0. The Bertz CT molecular complexity index is 152. The molecular weight excluding hydrogens is 174 g/mol. The Balaban J connectivity index is 3.10. The van der Waals surface area contributed by atoms with Crippen molar-refractivity contribution in [3.05, 3.63) is 24.3 Å². The maximum absolute atomic E-state index is 5.41. The van der Waals surface area contributed by atoms with Gasteiger partial charge in [-0.15, -0.1) is 0 Å². The summed E-state index contributed by atoms with van der Waals surface area (Å²) < 4.78 is 5.41. The molecule has 0 aliphatic carbocycles. The zero-order valence-corrected chi connectivity index (χ0v) is 9.46. The van der Waals surface area contributed by atoms with Crippen LogP contribution in [-0.2, 0) is 4.74 Å². The van der Waals surface area contributed by atoms with Crippen LogP contribution < -0.4 is 5.32 Å². The molecule has 0 unspecified atom stereocenters. The Kier molecular flexibility index (Phi) is 11.9. The first-order valence-electron chi connectivity index (χ1n) is 5.45. The molecule has 0 amide bonds. The van der Waals surface area contributed by atoms with Crippen LogP contribution in [0.15, 0.2) is 24.3 Å². The third-order valence-corrected chi connectivity index (χ3v) is 1.78. The van der Waals surface area contributed by atoms with E-state index in [2.05, 4.69) is 36.5 Å². The number of rotatable bonds is 9. The van der Waals surface area contributed by atoms with Gasteiger partial charge >= 0.3 is 0 Å². The molecule has 0 saturated carbocycles. The van der Waals surface area contributed by atoms with E-state index in [1.165, 1.54) is 12.8 Å². The summed E-state index contributed by atoms with van der Waals surface area (Å²) in [5, 5.41) is 3.05. The first kappa shape index (κ1) is 13.4. The minimum atomic E-state index is 0.844. The molecule has 0 aromatic heterocycles. The minimum absolute atomic E-state index is 0.844. The lowest BCUT2D eigenvalue weighted by Gasteiger charge is -1.98. The van der Waals surface area contributed by atoms with E-state index in [0.29, 0.717) is 0 Å². The smallest absolute Gasteiger partial charge is 0.0500 e. The second-order valence-corrected chi connectivity index (χ2v) is 3.17.